The number of unbranched alkanes of at least 4 members (excludes halogenated alkanes) is 2. The van der Waals surface area contributed by atoms with E-state index in [1.807, 2.05) is 10.6 Å². The Bertz CT molecular complexity index is 1110. The number of rotatable bonds is 6. The molecule has 3 heterocycles. The zero-order valence-corrected chi connectivity index (χ0v) is 16.9. The van der Waals surface area contributed by atoms with Crippen molar-refractivity contribution in [2.75, 3.05) is 0 Å². The van der Waals surface area contributed by atoms with E-state index >= 15 is 0 Å². The third kappa shape index (κ3) is 3.23. The van der Waals surface area contributed by atoms with E-state index in [9.17, 15) is 0 Å². The van der Waals surface area contributed by atoms with Gasteiger partial charge in [-0.1, -0.05) is 31.9 Å². The molecule has 0 fully saturated rings. The van der Waals surface area contributed by atoms with Crippen molar-refractivity contribution in [3.63, 3.8) is 0 Å². The molecule has 0 spiro atoms. The largest absolute Gasteiger partial charge is 0.353 e. The summed E-state index contributed by atoms with van der Waals surface area (Å²) in [6.45, 7) is 6.35. The molecule has 27 heavy (non-hydrogen) atoms. The minimum Gasteiger partial charge on any atom is -0.353 e. The van der Waals surface area contributed by atoms with Crippen molar-refractivity contribution in [1.29, 1.82) is 0 Å². The second kappa shape index (κ2) is 7.35. The molecule has 0 saturated carbocycles. The number of aryl methyl sites for hydroxylation is 3. The summed E-state index contributed by atoms with van der Waals surface area (Å²) in [4.78, 5) is 8.41. The van der Waals surface area contributed by atoms with Gasteiger partial charge >= 0.3 is 0 Å². The van der Waals surface area contributed by atoms with Gasteiger partial charge < -0.3 is 4.98 Å². The van der Waals surface area contributed by atoms with Gasteiger partial charge in [0, 0.05) is 16.8 Å². The molecule has 0 amide bonds. The van der Waals surface area contributed by atoms with Crippen LogP contribution in [0.15, 0.2) is 30.3 Å². The minimum atomic E-state index is 0.500. The monoisotopic (exact) mass is 380 g/mol. The average molecular weight is 381 g/mol. The van der Waals surface area contributed by atoms with Gasteiger partial charge in [0.05, 0.1) is 17.1 Å². The Hall–Kier alpha value is -2.33. The highest BCUT2D eigenvalue weighted by Gasteiger charge is 2.18. The topological polar surface area (TPSA) is 46.0 Å². The Kier molecular flexibility index (Phi) is 4.92. The maximum absolute atomic E-state index is 6.12. The predicted octanol–water partition coefficient (Wildman–Crippen LogP) is 5.97. The Morgan fingerprint density at radius 2 is 1.96 bits per heavy atom. The molecule has 0 atom stereocenters. The molecule has 4 rings (SSSR count). The van der Waals surface area contributed by atoms with E-state index in [-0.39, 0.29) is 0 Å². The minimum absolute atomic E-state index is 0.500. The maximum atomic E-state index is 6.12. The van der Waals surface area contributed by atoms with Gasteiger partial charge in [-0.15, -0.1) is 11.6 Å². The Balaban J connectivity index is 1.88. The fourth-order valence-electron chi connectivity index (χ4n) is 3.85. The molecular weight excluding hydrogens is 356 g/mol. The number of aromatic nitrogens is 4. The van der Waals surface area contributed by atoms with E-state index in [2.05, 4.69) is 50.0 Å². The predicted molar refractivity (Wildman–Crippen MR) is 113 cm³/mol. The summed E-state index contributed by atoms with van der Waals surface area (Å²) >= 11 is 6.12. The summed E-state index contributed by atoms with van der Waals surface area (Å²) < 4.78 is 2.01. The number of alkyl halides is 1. The van der Waals surface area contributed by atoms with Crippen LogP contribution in [0.25, 0.3) is 27.9 Å². The molecule has 5 heteroatoms. The molecule has 3 aromatic heterocycles. The Morgan fingerprint density at radius 3 is 2.74 bits per heavy atom. The fourth-order valence-corrected chi connectivity index (χ4v) is 4.08. The summed E-state index contributed by atoms with van der Waals surface area (Å²) in [7, 11) is 0. The molecule has 4 nitrogen and oxygen atoms in total. The van der Waals surface area contributed by atoms with Crippen LogP contribution in [-0.2, 0) is 12.3 Å². The number of aromatic amines is 1. The van der Waals surface area contributed by atoms with Gasteiger partial charge in [0.15, 0.2) is 5.65 Å². The van der Waals surface area contributed by atoms with E-state index in [1.165, 1.54) is 24.8 Å². The summed E-state index contributed by atoms with van der Waals surface area (Å²) in [5.74, 6) is 0.500. The highest BCUT2D eigenvalue weighted by molar-refractivity contribution is 6.18. The number of benzene rings is 1. The van der Waals surface area contributed by atoms with Crippen LogP contribution in [0.1, 0.15) is 48.7 Å². The van der Waals surface area contributed by atoms with Crippen molar-refractivity contribution < 1.29 is 0 Å². The van der Waals surface area contributed by atoms with Gasteiger partial charge in [0.2, 0.25) is 0 Å². The quantitative estimate of drug-likeness (QED) is 0.331. The van der Waals surface area contributed by atoms with Crippen molar-refractivity contribution >= 4 is 28.2 Å². The molecule has 140 valence electrons. The average Bonchev–Trinajstić information content (AvgIpc) is 3.21. The van der Waals surface area contributed by atoms with Crippen molar-refractivity contribution in [3.8, 4) is 11.4 Å². The number of hydrogen-bond acceptors (Lipinski definition) is 2. The maximum Gasteiger partial charge on any atom is 0.157 e. The molecule has 0 bridgehead atoms. The molecule has 1 N–H and O–H groups in total. The van der Waals surface area contributed by atoms with Crippen LogP contribution in [0.2, 0.25) is 0 Å². The van der Waals surface area contributed by atoms with Crippen LogP contribution in [0.5, 0.6) is 0 Å². The molecule has 0 aliphatic rings. The highest BCUT2D eigenvalue weighted by Crippen LogP contribution is 2.30. The third-order valence-corrected chi connectivity index (χ3v) is 5.45. The molecule has 0 radical (unpaired) electrons. The first-order valence-corrected chi connectivity index (χ1v) is 10.2. The van der Waals surface area contributed by atoms with Crippen LogP contribution in [-0.4, -0.2) is 19.6 Å². The van der Waals surface area contributed by atoms with Gasteiger partial charge in [-0.25, -0.2) is 9.50 Å². The number of nitrogens with one attached hydrogen (secondary N) is 1. The van der Waals surface area contributed by atoms with Gasteiger partial charge in [0.1, 0.15) is 5.69 Å². The van der Waals surface area contributed by atoms with Gasteiger partial charge in [-0.05, 0) is 56.0 Å². The first kappa shape index (κ1) is 18.1. The van der Waals surface area contributed by atoms with Gasteiger partial charge in [-0.2, -0.15) is 5.10 Å². The summed E-state index contributed by atoms with van der Waals surface area (Å²) in [5.41, 5.74) is 8.55. The molecule has 0 aliphatic heterocycles. The molecule has 0 saturated heterocycles. The number of imidazole rings is 1. The number of H-pyrrole nitrogens is 1. The Morgan fingerprint density at radius 1 is 1.11 bits per heavy atom. The molecule has 4 aromatic rings. The second-order valence-corrected chi connectivity index (χ2v) is 7.51. The van der Waals surface area contributed by atoms with Crippen LogP contribution in [0.3, 0.4) is 0 Å². The summed E-state index contributed by atoms with van der Waals surface area (Å²) in [6.07, 6.45) is 4.68. The Labute approximate surface area is 164 Å². The van der Waals surface area contributed by atoms with Crippen LogP contribution < -0.4 is 0 Å². The van der Waals surface area contributed by atoms with E-state index in [0.29, 0.717) is 5.88 Å². The lowest BCUT2D eigenvalue weighted by atomic mass is 10.1. The molecular formula is C22H25ClN4. The summed E-state index contributed by atoms with van der Waals surface area (Å²) in [6, 6.07) is 10.5. The molecule has 0 unspecified atom stereocenters. The lowest BCUT2D eigenvalue weighted by molar-refractivity contribution is 0.714. The standard InChI is InChI=1S/C22H25ClN4/c1-4-5-6-8-16-11-14(2)26-27-21(15(3)24-22(16)27)20-12-18-17(13-23)9-7-10-19(18)25-20/h7,9-12,25H,4-6,8,13H2,1-3H3. The van der Waals surface area contributed by atoms with Crippen LogP contribution in [0, 0.1) is 13.8 Å². The van der Waals surface area contributed by atoms with E-state index in [4.69, 9.17) is 21.7 Å². The van der Waals surface area contributed by atoms with Gasteiger partial charge in [-0.3, -0.25) is 0 Å². The lowest BCUT2D eigenvalue weighted by Gasteiger charge is -2.06. The third-order valence-electron chi connectivity index (χ3n) is 5.16. The number of nitrogens with zero attached hydrogens (tertiary/aromatic N) is 3. The fraction of sp³-hybridized carbons (Fsp3) is 0.364. The van der Waals surface area contributed by atoms with Gasteiger partial charge in [0.25, 0.3) is 0 Å². The zero-order chi connectivity index (χ0) is 19.0. The second-order valence-electron chi connectivity index (χ2n) is 7.24. The zero-order valence-electron chi connectivity index (χ0n) is 16.1. The first-order valence-electron chi connectivity index (χ1n) is 9.65. The smallest absolute Gasteiger partial charge is 0.157 e. The SMILES string of the molecule is CCCCCc1cc(C)nn2c(-c3cc4c(CCl)cccc4[nH]3)c(C)nc12. The van der Waals surface area contributed by atoms with Crippen LogP contribution in [0.4, 0.5) is 0 Å². The van der Waals surface area contributed by atoms with Crippen molar-refractivity contribution in [1.82, 2.24) is 19.6 Å². The van der Waals surface area contributed by atoms with Crippen LogP contribution >= 0.6 is 11.6 Å². The van der Waals surface area contributed by atoms with E-state index in [1.54, 1.807) is 0 Å². The normalized spacial score (nSPS) is 11.7. The number of halogens is 1. The van der Waals surface area contributed by atoms with Crippen molar-refractivity contribution in [2.45, 2.75) is 52.3 Å². The highest BCUT2D eigenvalue weighted by atomic mass is 35.5. The molecule has 1 aromatic carbocycles. The van der Waals surface area contributed by atoms with E-state index in [0.717, 1.165) is 51.3 Å². The first-order chi connectivity index (χ1) is 13.1. The molecule has 0 aliphatic carbocycles. The summed E-state index contributed by atoms with van der Waals surface area (Å²) in [5, 5.41) is 5.94. The lowest BCUT2D eigenvalue weighted by Crippen LogP contribution is -2.01. The van der Waals surface area contributed by atoms with Crippen molar-refractivity contribution in [3.05, 3.63) is 52.8 Å². The number of hydrogen-bond donors (Lipinski definition) is 1. The van der Waals surface area contributed by atoms with E-state index < -0.39 is 0 Å². The number of fused-ring (bicyclic) bond motifs is 2. The van der Waals surface area contributed by atoms with Crippen molar-refractivity contribution in [2.24, 2.45) is 0 Å².